The van der Waals surface area contributed by atoms with Crippen LogP contribution in [-0.2, 0) is 6.54 Å². The molecule has 0 saturated carbocycles. The van der Waals surface area contributed by atoms with Crippen molar-refractivity contribution < 1.29 is 13.9 Å². The summed E-state index contributed by atoms with van der Waals surface area (Å²) in [4.78, 5) is 26.7. The summed E-state index contributed by atoms with van der Waals surface area (Å²) in [7, 11) is 0. The zero-order valence-electron chi connectivity index (χ0n) is 16.4. The fourth-order valence-corrected chi connectivity index (χ4v) is 3.29. The fraction of sp³-hybridized carbons (Fsp3) is 0.273. The smallest absolute Gasteiger partial charge is 0.317 e. The Bertz CT molecular complexity index is 959. The van der Waals surface area contributed by atoms with Crippen molar-refractivity contribution in [3.05, 3.63) is 72.6 Å². The second-order valence-corrected chi connectivity index (χ2v) is 7.08. The summed E-state index contributed by atoms with van der Waals surface area (Å²) in [5.41, 5.74) is 2.75. The normalized spacial score (nSPS) is 14.4. The number of rotatable bonds is 5. The molecule has 1 aliphatic heterocycles. The third-order valence-electron chi connectivity index (χ3n) is 5.00. The Morgan fingerprint density at radius 3 is 2.37 bits per heavy atom. The van der Waals surface area contributed by atoms with Gasteiger partial charge in [0.1, 0.15) is 11.9 Å². The first-order valence-electron chi connectivity index (χ1n) is 9.84. The quantitative estimate of drug-likeness (QED) is 0.701. The van der Waals surface area contributed by atoms with Gasteiger partial charge in [0.2, 0.25) is 0 Å². The minimum atomic E-state index is -0.289. The number of piperidine rings is 1. The molecule has 2 aromatic heterocycles. The molecule has 0 spiro atoms. The highest BCUT2D eigenvalue weighted by molar-refractivity contribution is 5.74. The number of amides is 2. The number of nitrogens with zero attached hydrogens (tertiary/aromatic N) is 4. The van der Waals surface area contributed by atoms with Gasteiger partial charge in [-0.05, 0) is 35.4 Å². The summed E-state index contributed by atoms with van der Waals surface area (Å²) in [5.74, 6) is -0.289. The maximum absolute atomic E-state index is 12.9. The summed E-state index contributed by atoms with van der Waals surface area (Å²) in [6, 6.07) is 10.1. The van der Waals surface area contributed by atoms with Crippen LogP contribution in [0.2, 0.25) is 0 Å². The predicted octanol–water partition coefficient (Wildman–Crippen LogP) is 3.43. The van der Waals surface area contributed by atoms with Crippen LogP contribution in [0, 0.1) is 5.82 Å². The van der Waals surface area contributed by atoms with E-state index < -0.39 is 0 Å². The van der Waals surface area contributed by atoms with Gasteiger partial charge in [0.05, 0.1) is 0 Å². The van der Waals surface area contributed by atoms with Gasteiger partial charge in [-0.15, -0.1) is 0 Å². The molecule has 7 nitrogen and oxygen atoms in total. The van der Waals surface area contributed by atoms with E-state index in [0.29, 0.717) is 38.5 Å². The lowest BCUT2D eigenvalue weighted by Crippen LogP contribution is -2.46. The average Bonchev–Trinajstić information content (AvgIpc) is 2.80. The second kappa shape index (κ2) is 9.30. The van der Waals surface area contributed by atoms with E-state index in [-0.39, 0.29) is 18.0 Å². The number of pyridine rings is 1. The lowest BCUT2D eigenvalue weighted by Gasteiger charge is -2.31. The molecule has 3 heterocycles. The summed E-state index contributed by atoms with van der Waals surface area (Å²) in [6.07, 6.45) is 8.30. The molecule has 0 radical (unpaired) electrons. The average molecular weight is 407 g/mol. The first kappa shape index (κ1) is 19.8. The number of hydrogen-bond acceptors (Lipinski definition) is 5. The summed E-state index contributed by atoms with van der Waals surface area (Å²) in [5, 5.41) is 2.87. The maximum Gasteiger partial charge on any atom is 0.317 e. The van der Waals surface area contributed by atoms with Crippen LogP contribution >= 0.6 is 0 Å². The fourth-order valence-electron chi connectivity index (χ4n) is 3.29. The van der Waals surface area contributed by atoms with E-state index >= 15 is 0 Å². The molecular formula is C22H22FN5O2. The molecule has 0 unspecified atom stereocenters. The molecular weight excluding hydrogens is 385 g/mol. The Balaban J connectivity index is 1.23. The van der Waals surface area contributed by atoms with Crippen LogP contribution in [0.3, 0.4) is 0 Å². The number of halogens is 1. The summed E-state index contributed by atoms with van der Waals surface area (Å²) in [6.45, 7) is 1.55. The number of carbonyl (C=O) groups excluding carboxylic acids is 1. The van der Waals surface area contributed by atoms with Crippen LogP contribution in [0.1, 0.15) is 18.4 Å². The van der Waals surface area contributed by atoms with E-state index in [1.807, 2.05) is 12.1 Å². The molecule has 3 aromatic rings. The SMILES string of the molecule is O=C(NCc1ccc(F)cc1)N1CCC(Oc2ncc(-c3ccncc3)cn2)CC1. The summed E-state index contributed by atoms with van der Waals surface area (Å²) < 4.78 is 18.8. The van der Waals surface area contributed by atoms with Gasteiger partial charge in [0.15, 0.2) is 0 Å². The minimum Gasteiger partial charge on any atom is -0.460 e. The van der Waals surface area contributed by atoms with E-state index in [0.717, 1.165) is 16.7 Å². The summed E-state index contributed by atoms with van der Waals surface area (Å²) >= 11 is 0. The highest BCUT2D eigenvalue weighted by Crippen LogP contribution is 2.20. The molecule has 154 valence electrons. The molecule has 1 fully saturated rings. The molecule has 0 bridgehead atoms. The number of hydrogen-bond donors (Lipinski definition) is 1. The van der Waals surface area contributed by atoms with E-state index in [1.165, 1.54) is 12.1 Å². The number of likely N-dealkylation sites (tertiary alicyclic amines) is 1. The van der Waals surface area contributed by atoms with Crippen molar-refractivity contribution >= 4 is 6.03 Å². The van der Waals surface area contributed by atoms with Gasteiger partial charge in [-0.2, -0.15) is 0 Å². The Morgan fingerprint density at radius 2 is 1.70 bits per heavy atom. The third-order valence-corrected chi connectivity index (χ3v) is 5.00. The van der Waals surface area contributed by atoms with Crippen LogP contribution in [0.15, 0.2) is 61.2 Å². The molecule has 8 heteroatoms. The van der Waals surface area contributed by atoms with Crippen molar-refractivity contribution in [3.63, 3.8) is 0 Å². The number of aromatic nitrogens is 3. The topological polar surface area (TPSA) is 80.2 Å². The van der Waals surface area contributed by atoms with Crippen LogP contribution in [0.5, 0.6) is 6.01 Å². The zero-order valence-corrected chi connectivity index (χ0v) is 16.4. The molecule has 1 aromatic carbocycles. The lowest BCUT2D eigenvalue weighted by molar-refractivity contribution is 0.103. The van der Waals surface area contributed by atoms with E-state index in [9.17, 15) is 9.18 Å². The van der Waals surface area contributed by atoms with Crippen LogP contribution in [-0.4, -0.2) is 45.1 Å². The predicted molar refractivity (Wildman–Crippen MR) is 109 cm³/mol. The van der Waals surface area contributed by atoms with Gasteiger partial charge in [-0.1, -0.05) is 12.1 Å². The van der Waals surface area contributed by atoms with E-state index in [2.05, 4.69) is 20.3 Å². The van der Waals surface area contributed by atoms with Crippen molar-refractivity contribution in [1.29, 1.82) is 0 Å². The molecule has 0 atom stereocenters. The Kier molecular flexibility index (Phi) is 6.12. The molecule has 1 N–H and O–H groups in total. The van der Waals surface area contributed by atoms with Crippen molar-refractivity contribution in [2.75, 3.05) is 13.1 Å². The Morgan fingerprint density at radius 1 is 1.03 bits per heavy atom. The van der Waals surface area contributed by atoms with Crippen molar-refractivity contribution in [3.8, 4) is 17.1 Å². The van der Waals surface area contributed by atoms with Crippen LogP contribution < -0.4 is 10.1 Å². The standard InChI is InChI=1S/C22H22FN5O2/c23-19-3-1-16(2-4-19)13-27-22(29)28-11-7-20(8-12-28)30-21-25-14-18(15-26-21)17-5-9-24-10-6-17/h1-6,9-10,14-15,20H,7-8,11-13H2,(H,27,29). The Hall–Kier alpha value is -3.55. The largest absolute Gasteiger partial charge is 0.460 e. The third kappa shape index (κ3) is 5.08. The Labute approximate surface area is 174 Å². The van der Waals surface area contributed by atoms with Gasteiger partial charge in [0.25, 0.3) is 0 Å². The van der Waals surface area contributed by atoms with Crippen molar-refractivity contribution in [2.45, 2.75) is 25.5 Å². The molecule has 1 saturated heterocycles. The van der Waals surface area contributed by atoms with Crippen LogP contribution in [0.25, 0.3) is 11.1 Å². The first-order chi connectivity index (χ1) is 14.7. The molecule has 0 aliphatic carbocycles. The van der Waals surface area contributed by atoms with Gasteiger partial charge in [-0.3, -0.25) is 4.98 Å². The molecule has 2 amide bonds. The number of ether oxygens (including phenoxy) is 1. The first-order valence-corrected chi connectivity index (χ1v) is 9.84. The highest BCUT2D eigenvalue weighted by Gasteiger charge is 2.24. The van der Waals surface area contributed by atoms with Crippen LogP contribution in [0.4, 0.5) is 9.18 Å². The molecule has 1 aliphatic rings. The van der Waals surface area contributed by atoms with E-state index in [4.69, 9.17) is 4.74 Å². The highest BCUT2D eigenvalue weighted by atomic mass is 19.1. The van der Waals surface area contributed by atoms with Gasteiger partial charge < -0.3 is 15.0 Å². The number of carbonyl (C=O) groups is 1. The van der Waals surface area contributed by atoms with Crippen molar-refractivity contribution in [2.24, 2.45) is 0 Å². The zero-order chi connectivity index (χ0) is 20.8. The van der Waals surface area contributed by atoms with E-state index in [1.54, 1.807) is 41.8 Å². The second-order valence-electron chi connectivity index (χ2n) is 7.08. The van der Waals surface area contributed by atoms with Crippen molar-refractivity contribution in [1.82, 2.24) is 25.2 Å². The number of nitrogens with one attached hydrogen (secondary N) is 1. The van der Waals surface area contributed by atoms with Gasteiger partial charge >= 0.3 is 12.0 Å². The lowest BCUT2D eigenvalue weighted by atomic mass is 10.1. The maximum atomic E-state index is 12.9. The monoisotopic (exact) mass is 407 g/mol. The molecule has 4 rings (SSSR count). The molecule has 30 heavy (non-hydrogen) atoms. The number of urea groups is 1. The van der Waals surface area contributed by atoms with Gasteiger partial charge in [0, 0.05) is 62.8 Å². The number of benzene rings is 1. The van der Waals surface area contributed by atoms with Gasteiger partial charge in [-0.25, -0.2) is 19.2 Å². The minimum absolute atomic E-state index is 0.0297.